The van der Waals surface area contributed by atoms with Gasteiger partial charge < -0.3 is 4.57 Å². The summed E-state index contributed by atoms with van der Waals surface area (Å²) in [5.74, 6) is 1.55. The molecule has 1 aromatic heterocycles. The average Bonchev–Trinajstić information content (AvgIpc) is 2.92. The predicted molar refractivity (Wildman–Crippen MR) is 85.5 cm³/mol. The van der Waals surface area contributed by atoms with Crippen LogP contribution in [0.5, 0.6) is 0 Å². The lowest BCUT2D eigenvalue weighted by molar-refractivity contribution is 0.486. The summed E-state index contributed by atoms with van der Waals surface area (Å²) in [6, 6.07) is 6.06. The zero-order valence-electron chi connectivity index (χ0n) is 12.2. The van der Waals surface area contributed by atoms with Crippen LogP contribution in [0.2, 0.25) is 0 Å². The Kier molecular flexibility index (Phi) is 3.74. The van der Waals surface area contributed by atoms with Gasteiger partial charge in [0.25, 0.3) is 0 Å². The first-order valence-electron chi connectivity index (χ1n) is 7.17. The van der Waals surface area contributed by atoms with Crippen LogP contribution >= 0.6 is 11.6 Å². The minimum atomic E-state index is -2.86. The first-order valence-corrected chi connectivity index (χ1v) is 9.43. The van der Waals surface area contributed by atoms with Gasteiger partial charge in [-0.15, -0.1) is 11.6 Å². The number of alkyl halides is 1. The monoisotopic (exact) mass is 326 g/mol. The van der Waals surface area contributed by atoms with Crippen LogP contribution in [0.1, 0.15) is 30.1 Å². The molecule has 3 rings (SSSR count). The largest absolute Gasteiger partial charge is 0.326 e. The number of fused-ring (bicyclic) bond motifs is 1. The molecule has 2 aromatic rings. The van der Waals surface area contributed by atoms with Crippen molar-refractivity contribution in [1.29, 1.82) is 0 Å². The third-order valence-electron chi connectivity index (χ3n) is 4.13. The van der Waals surface area contributed by atoms with Crippen molar-refractivity contribution in [2.45, 2.75) is 32.2 Å². The van der Waals surface area contributed by atoms with E-state index >= 15 is 0 Å². The number of aromatic nitrogens is 2. The standard InChI is InChI=1S/C15H19ClN2O2S/c1-10-4-3-5-13-14(10)17-15(11(2)16)18(13)8-12-6-7-21(19,20)9-12/h3-5,11-12H,6-9H2,1-2H3. The lowest BCUT2D eigenvalue weighted by atomic mass is 10.1. The zero-order valence-corrected chi connectivity index (χ0v) is 13.8. The Balaban J connectivity index is 2.04. The van der Waals surface area contributed by atoms with Gasteiger partial charge in [0.15, 0.2) is 9.84 Å². The van der Waals surface area contributed by atoms with Crippen molar-refractivity contribution in [2.75, 3.05) is 11.5 Å². The number of rotatable bonds is 3. The van der Waals surface area contributed by atoms with E-state index in [9.17, 15) is 8.42 Å². The highest BCUT2D eigenvalue weighted by molar-refractivity contribution is 7.91. The highest BCUT2D eigenvalue weighted by Crippen LogP contribution is 2.29. The average molecular weight is 327 g/mol. The van der Waals surface area contributed by atoms with Gasteiger partial charge in [0.2, 0.25) is 0 Å². The van der Waals surface area contributed by atoms with Crippen LogP contribution in [0.25, 0.3) is 11.0 Å². The second kappa shape index (κ2) is 5.29. The molecule has 1 aliphatic rings. The van der Waals surface area contributed by atoms with Crippen molar-refractivity contribution in [3.8, 4) is 0 Å². The molecule has 114 valence electrons. The smallest absolute Gasteiger partial charge is 0.150 e. The molecule has 0 radical (unpaired) electrons. The fraction of sp³-hybridized carbons (Fsp3) is 0.533. The van der Waals surface area contributed by atoms with Gasteiger partial charge in [-0.05, 0) is 37.8 Å². The number of hydrogen-bond acceptors (Lipinski definition) is 3. The van der Waals surface area contributed by atoms with Crippen molar-refractivity contribution < 1.29 is 8.42 Å². The molecule has 0 aliphatic carbocycles. The van der Waals surface area contributed by atoms with Crippen LogP contribution in [-0.4, -0.2) is 29.5 Å². The van der Waals surface area contributed by atoms with Crippen LogP contribution in [0.3, 0.4) is 0 Å². The maximum Gasteiger partial charge on any atom is 0.150 e. The van der Waals surface area contributed by atoms with Crippen molar-refractivity contribution in [3.05, 3.63) is 29.6 Å². The zero-order chi connectivity index (χ0) is 15.2. The van der Waals surface area contributed by atoms with Gasteiger partial charge in [-0.25, -0.2) is 13.4 Å². The number of para-hydroxylation sites is 1. The molecule has 1 saturated heterocycles. The van der Waals surface area contributed by atoms with Gasteiger partial charge in [0, 0.05) is 6.54 Å². The summed E-state index contributed by atoms with van der Waals surface area (Å²) >= 11 is 6.27. The topological polar surface area (TPSA) is 52.0 Å². The van der Waals surface area contributed by atoms with Crippen LogP contribution in [0.4, 0.5) is 0 Å². The first kappa shape index (κ1) is 14.9. The van der Waals surface area contributed by atoms with Gasteiger partial charge in [0.1, 0.15) is 5.82 Å². The maximum absolute atomic E-state index is 11.7. The Bertz CT molecular complexity index is 780. The second-order valence-electron chi connectivity index (χ2n) is 5.91. The minimum Gasteiger partial charge on any atom is -0.326 e. The fourth-order valence-corrected chi connectivity index (χ4v) is 5.09. The summed E-state index contributed by atoms with van der Waals surface area (Å²) < 4.78 is 25.4. The number of benzene rings is 1. The summed E-state index contributed by atoms with van der Waals surface area (Å²) in [6.45, 7) is 4.61. The number of nitrogens with zero attached hydrogens (tertiary/aromatic N) is 2. The van der Waals surface area contributed by atoms with Crippen LogP contribution in [0, 0.1) is 12.8 Å². The molecule has 1 fully saturated rings. The molecule has 2 unspecified atom stereocenters. The molecule has 2 atom stereocenters. The highest BCUT2D eigenvalue weighted by atomic mass is 35.5. The Morgan fingerprint density at radius 1 is 1.48 bits per heavy atom. The van der Waals surface area contributed by atoms with Crippen molar-refractivity contribution in [1.82, 2.24) is 9.55 Å². The quantitative estimate of drug-likeness (QED) is 0.814. The molecule has 0 spiro atoms. The van der Waals surface area contributed by atoms with Gasteiger partial charge in [-0.2, -0.15) is 0 Å². The first-order chi connectivity index (χ1) is 9.87. The van der Waals surface area contributed by atoms with E-state index in [4.69, 9.17) is 11.6 Å². The number of halogens is 1. The van der Waals surface area contributed by atoms with Gasteiger partial charge in [-0.1, -0.05) is 12.1 Å². The lowest BCUT2D eigenvalue weighted by Crippen LogP contribution is -2.15. The normalized spacial score (nSPS) is 22.7. The summed E-state index contributed by atoms with van der Waals surface area (Å²) in [6.07, 6.45) is 0.726. The van der Waals surface area contributed by atoms with E-state index in [2.05, 4.69) is 9.55 Å². The second-order valence-corrected chi connectivity index (χ2v) is 8.79. The van der Waals surface area contributed by atoms with Gasteiger partial charge >= 0.3 is 0 Å². The molecule has 0 amide bonds. The minimum absolute atomic E-state index is 0.155. The molecule has 0 saturated carbocycles. The molecule has 2 heterocycles. The molecule has 21 heavy (non-hydrogen) atoms. The van der Waals surface area contributed by atoms with Crippen molar-refractivity contribution in [3.63, 3.8) is 0 Å². The molecule has 1 aromatic carbocycles. The molecule has 4 nitrogen and oxygen atoms in total. The number of imidazole rings is 1. The molecule has 6 heteroatoms. The Hall–Kier alpha value is -1.07. The van der Waals surface area contributed by atoms with E-state index < -0.39 is 9.84 Å². The molecular formula is C15H19ClN2O2S. The Morgan fingerprint density at radius 3 is 2.86 bits per heavy atom. The molecule has 1 aliphatic heterocycles. The highest BCUT2D eigenvalue weighted by Gasteiger charge is 2.29. The van der Waals surface area contributed by atoms with E-state index in [-0.39, 0.29) is 17.0 Å². The van der Waals surface area contributed by atoms with E-state index in [0.29, 0.717) is 12.3 Å². The fourth-order valence-electron chi connectivity index (χ4n) is 3.07. The van der Waals surface area contributed by atoms with E-state index in [0.717, 1.165) is 28.8 Å². The van der Waals surface area contributed by atoms with Crippen LogP contribution in [-0.2, 0) is 16.4 Å². The summed E-state index contributed by atoms with van der Waals surface area (Å²) in [4.78, 5) is 4.67. The van der Waals surface area contributed by atoms with E-state index in [1.807, 2.05) is 32.0 Å². The maximum atomic E-state index is 11.7. The summed E-state index contributed by atoms with van der Waals surface area (Å²) in [5, 5.41) is -0.199. The number of sulfone groups is 1. The van der Waals surface area contributed by atoms with Gasteiger partial charge in [0.05, 0.1) is 27.9 Å². The SMILES string of the molecule is Cc1cccc2c1nc(C(C)Cl)n2CC1CCS(=O)(=O)C1. The third kappa shape index (κ3) is 2.81. The van der Waals surface area contributed by atoms with E-state index in [1.165, 1.54) is 0 Å². The van der Waals surface area contributed by atoms with Crippen molar-refractivity contribution >= 4 is 32.5 Å². The molecule has 0 bridgehead atoms. The summed E-state index contributed by atoms with van der Waals surface area (Å²) in [7, 11) is -2.86. The Morgan fingerprint density at radius 2 is 2.24 bits per heavy atom. The predicted octanol–water partition coefficient (Wildman–Crippen LogP) is 3.08. The molecule has 0 N–H and O–H groups in total. The van der Waals surface area contributed by atoms with Gasteiger partial charge in [-0.3, -0.25) is 0 Å². The molecular weight excluding hydrogens is 308 g/mol. The number of aryl methyl sites for hydroxylation is 1. The summed E-state index contributed by atoms with van der Waals surface area (Å²) in [5.41, 5.74) is 3.12. The lowest BCUT2D eigenvalue weighted by Gasteiger charge is -2.14. The van der Waals surface area contributed by atoms with Crippen LogP contribution in [0.15, 0.2) is 18.2 Å². The van der Waals surface area contributed by atoms with Crippen LogP contribution < -0.4 is 0 Å². The van der Waals surface area contributed by atoms with E-state index in [1.54, 1.807) is 0 Å². The Labute approximate surface area is 130 Å². The third-order valence-corrected chi connectivity index (χ3v) is 6.17. The van der Waals surface area contributed by atoms with Crippen molar-refractivity contribution in [2.24, 2.45) is 5.92 Å². The number of hydrogen-bond donors (Lipinski definition) is 0.